The Morgan fingerprint density at radius 2 is 1.77 bits per heavy atom. The summed E-state index contributed by atoms with van der Waals surface area (Å²) in [7, 11) is -1.76. The molecule has 0 radical (unpaired) electrons. The van der Waals surface area contributed by atoms with Crippen LogP contribution in [0, 0.1) is 0 Å². The first-order valence-corrected chi connectivity index (χ1v) is 16.6. The summed E-state index contributed by atoms with van der Waals surface area (Å²) < 4.78 is 6.39. The lowest BCUT2D eigenvalue weighted by Crippen LogP contribution is -2.34. The maximum Gasteiger partial charge on any atom is 0.188 e. The van der Waals surface area contributed by atoms with Gasteiger partial charge in [-0.15, -0.1) is 11.8 Å². The first kappa shape index (κ1) is 25.6. The number of thioether (sulfide) groups is 2. The van der Waals surface area contributed by atoms with Crippen LogP contribution in [0.15, 0.2) is 53.4 Å². The van der Waals surface area contributed by atoms with E-state index in [1.165, 1.54) is 51.3 Å². The molecule has 0 N–H and O–H groups in total. The van der Waals surface area contributed by atoms with Crippen LogP contribution in [0.3, 0.4) is 0 Å². The first-order chi connectivity index (χ1) is 14.3. The normalized spacial score (nSPS) is 13.9. The van der Waals surface area contributed by atoms with Crippen molar-refractivity contribution in [2.45, 2.75) is 71.7 Å². The van der Waals surface area contributed by atoms with Gasteiger partial charge < -0.3 is 4.43 Å². The summed E-state index contributed by atoms with van der Waals surface area (Å²) >= 11 is 4.11. The molecule has 166 valence electrons. The van der Waals surface area contributed by atoms with E-state index in [9.17, 15) is 0 Å². The molecule has 2 aromatic carbocycles. The monoisotopic (exact) mass is 460 g/mol. The predicted molar refractivity (Wildman–Crippen MR) is 144 cm³/mol. The molecule has 30 heavy (non-hydrogen) atoms. The van der Waals surface area contributed by atoms with E-state index in [0.717, 1.165) is 6.04 Å². The number of unbranched alkanes of at least 4 members (excludes halogenated alkanes) is 1. The molecule has 0 amide bonds. The second-order valence-electron chi connectivity index (χ2n) is 8.94. The van der Waals surface area contributed by atoms with E-state index in [-0.39, 0.29) is 0 Å². The zero-order valence-corrected chi connectivity index (χ0v) is 22.4. The van der Waals surface area contributed by atoms with E-state index >= 15 is 0 Å². The number of allylic oxidation sites excluding steroid dienone is 2. The number of rotatable bonds is 13. The Morgan fingerprint density at radius 3 is 2.47 bits per heavy atom. The minimum Gasteiger partial charge on any atom is -0.415 e. The van der Waals surface area contributed by atoms with Crippen LogP contribution < -0.4 is 0 Å². The molecule has 2 aromatic rings. The molecular weight excluding hydrogens is 421 g/mol. The van der Waals surface area contributed by atoms with Gasteiger partial charge in [0, 0.05) is 23.5 Å². The summed E-state index contributed by atoms with van der Waals surface area (Å²) in [5.74, 6) is 4.15. The van der Waals surface area contributed by atoms with Crippen molar-refractivity contribution in [2.24, 2.45) is 0 Å². The maximum absolute atomic E-state index is 6.39. The Bertz CT molecular complexity index is 800. The second-order valence-corrected chi connectivity index (χ2v) is 15.7. The number of hydrogen-bond acceptors (Lipinski definition) is 3. The third-order valence-corrected chi connectivity index (χ3v) is 9.96. The molecule has 4 heteroatoms. The molecule has 0 spiro atoms. The Labute approximate surface area is 194 Å². The quantitative estimate of drug-likeness (QED) is 0.218. The molecule has 1 unspecified atom stereocenters. The van der Waals surface area contributed by atoms with E-state index in [2.05, 4.69) is 101 Å². The Hall–Kier alpha value is -0.683. The summed E-state index contributed by atoms with van der Waals surface area (Å²) in [5.41, 5.74) is 1.42. The highest BCUT2D eigenvalue weighted by atomic mass is 32.2. The van der Waals surface area contributed by atoms with Gasteiger partial charge in [-0.2, -0.15) is 11.8 Å². The van der Waals surface area contributed by atoms with E-state index in [0.29, 0.717) is 12.0 Å². The van der Waals surface area contributed by atoms with Crippen LogP contribution in [0.5, 0.6) is 0 Å². The van der Waals surface area contributed by atoms with Gasteiger partial charge in [0.15, 0.2) is 8.32 Å². The van der Waals surface area contributed by atoms with Gasteiger partial charge in [-0.25, -0.2) is 0 Å². The molecule has 0 bridgehead atoms. The van der Waals surface area contributed by atoms with Crippen LogP contribution in [0.1, 0.15) is 52.0 Å². The maximum atomic E-state index is 6.39. The summed E-state index contributed by atoms with van der Waals surface area (Å²) in [6, 6.07) is 16.8. The van der Waals surface area contributed by atoms with Crippen LogP contribution in [0.2, 0.25) is 19.1 Å². The zero-order chi connectivity index (χ0) is 22.0. The van der Waals surface area contributed by atoms with Gasteiger partial charge in [0.2, 0.25) is 0 Å². The van der Waals surface area contributed by atoms with Crippen LogP contribution in [0.25, 0.3) is 10.8 Å². The minimum atomic E-state index is -1.76. The van der Waals surface area contributed by atoms with Gasteiger partial charge in [0.05, 0.1) is 0 Å². The van der Waals surface area contributed by atoms with Crippen LogP contribution in [-0.2, 0) is 4.43 Å². The SMILES string of the molecule is CCCCSCCS/C(C)=C\C(C[Si](C)(C)OC(C)C)c1ccc2ccccc2c1. The van der Waals surface area contributed by atoms with Crippen molar-refractivity contribution in [2.75, 3.05) is 17.3 Å². The largest absolute Gasteiger partial charge is 0.415 e. The summed E-state index contributed by atoms with van der Waals surface area (Å²) in [6.07, 6.45) is 5.43. The fourth-order valence-corrected chi connectivity index (χ4v) is 8.74. The molecule has 1 atom stereocenters. The standard InChI is InChI=1S/C26H40OS2Si/c1-7-8-15-28-16-17-29-22(4)18-26(20-30(5,6)27-21(2)3)25-14-13-23-11-9-10-12-24(23)19-25/h9-14,18-19,21,26H,7-8,15-17,20H2,1-6H3/b22-18-. The van der Waals surface area contributed by atoms with Crippen molar-refractivity contribution in [1.29, 1.82) is 0 Å². The van der Waals surface area contributed by atoms with Crippen LogP contribution >= 0.6 is 23.5 Å². The fourth-order valence-electron chi connectivity index (χ4n) is 3.87. The molecule has 0 fully saturated rings. The third-order valence-electron chi connectivity index (χ3n) is 5.10. The van der Waals surface area contributed by atoms with Gasteiger partial charge in [-0.3, -0.25) is 0 Å². The first-order valence-electron chi connectivity index (χ1n) is 11.4. The van der Waals surface area contributed by atoms with Crippen LogP contribution in [0.4, 0.5) is 0 Å². The molecule has 0 aliphatic heterocycles. The molecule has 0 aliphatic carbocycles. The lowest BCUT2D eigenvalue weighted by Gasteiger charge is -2.29. The average Bonchev–Trinajstić information content (AvgIpc) is 2.68. The molecule has 0 heterocycles. The Kier molecular flexibility index (Phi) is 11.1. The molecule has 0 saturated carbocycles. The summed E-state index contributed by atoms with van der Waals surface area (Å²) in [6.45, 7) is 13.6. The molecule has 2 rings (SSSR count). The molecule has 0 aromatic heterocycles. The highest BCUT2D eigenvalue weighted by Gasteiger charge is 2.28. The predicted octanol–water partition coefficient (Wildman–Crippen LogP) is 8.72. The Morgan fingerprint density at radius 1 is 1.03 bits per heavy atom. The molecular formula is C26H40OS2Si. The topological polar surface area (TPSA) is 9.23 Å². The van der Waals surface area contributed by atoms with Crippen molar-refractivity contribution < 1.29 is 4.43 Å². The van der Waals surface area contributed by atoms with E-state index in [4.69, 9.17) is 4.43 Å². The second kappa shape index (κ2) is 13.0. The van der Waals surface area contributed by atoms with Crippen molar-refractivity contribution in [1.82, 2.24) is 0 Å². The highest BCUT2D eigenvalue weighted by molar-refractivity contribution is 8.05. The van der Waals surface area contributed by atoms with Gasteiger partial charge in [-0.1, -0.05) is 61.9 Å². The van der Waals surface area contributed by atoms with Gasteiger partial charge in [0.1, 0.15) is 0 Å². The molecule has 0 saturated heterocycles. The lowest BCUT2D eigenvalue weighted by molar-refractivity contribution is 0.230. The van der Waals surface area contributed by atoms with Crippen molar-refractivity contribution in [3.8, 4) is 0 Å². The smallest absolute Gasteiger partial charge is 0.188 e. The van der Waals surface area contributed by atoms with Crippen LogP contribution in [-0.4, -0.2) is 31.7 Å². The van der Waals surface area contributed by atoms with E-state index in [1.807, 2.05) is 11.8 Å². The fraction of sp³-hybridized carbons (Fsp3) is 0.538. The van der Waals surface area contributed by atoms with Crippen molar-refractivity contribution in [3.63, 3.8) is 0 Å². The number of hydrogen-bond donors (Lipinski definition) is 0. The van der Waals surface area contributed by atoms with Gasteiger partial charge in [0.25, 0.3) is 0 Å². The lowest BCUT2D eigenvalue weighted by atomic mass is 9.97. The Balaban J connectivity index is 2.15. The molecule has 0 aliphatic rings. The number of fused-ring (bicyclic) bond motifs is 1. The van der Waals surface area contributed by atoms with E-state index in [1.54, 1.807) is 0 Å². The highest BCUT2D eigenvalue weighted by Crippen LogP contribution is 2.34. The van der Waals surface area contributed by atoms with Gasteiger partial charge >= 0.3 is 0 Å². The van der Waals surface area contributed by atoms with Gasteiger partial charge in [-0.05, 0) is 73.3 Å². The van der Waals surface area contributed by atoms with Crippen molar-refractivity contribution >= 4 is 42.6 Å². The van der Waals surface area contributed by atoms with E-state index < -0.39 is 8.32 Å². The average molecular weight is 461 g/mol. The third kappa shape index (κ3) is 9.21. The van der Waals surface area contributed by atoms with Crippen molar-refractivity contribution in [3.05, 3.63) is 59.0 Å². The zero-order valence-electron chi connectivity index (χ0n) is 19.7. The summed E-state index contributed by atoms with van der Waals surface area (Å²) in [4.78, 5) is 1.44. The minimum absolute atomic E-state index is 0.295. The summed E-state index contributed by atoms with van der Waals surface area (Å²) in [5, 5.41) is 2.64. The number of benzene rings is 2. The molecule has 1 nitrogen and oxygen atoms in total.